The molecule has 0 amide bonds. The van der Waals surface area contributed by atoms with Crippen LogP contribution in [0.2, 0.25) is 0 Å². The molecular weight excluding hydrogens is 230 g/mol. The maximum absolute atomic E-state index is 11.6. The van der Waals surface area contributed by atoms with Gasteiger partial charge in [0.2, 0.25) is 0 Å². The van der Waals surface area contributed by atoms with Crippen molar-refractivity contribution in [3.8, 4) is 0 Å². The molecule has 0 radical (unpaired) electrons. The lowest BCUT2D eigenvalue weighted by Gasteiger charge is -2.12. The molecule has 1 atom stereocenters. The van der Waals surface area contributed by atoms with Gasteiger partial charge in [0.1, 0.15) is 9.84 Å². The van der Waals surface area contributed by atoms with Crippen LogP contribution in [-0.2, 0) is 16.9 Å². The van der Waals surface area contributed by atoms with Crippen molar-refractivity contribution >= 4 is 15.7 Å². The van der Waals surface area contributed by atoms with E-state index in [1.54, 1.807) is 14.0 Å². The first-order valence-corrected chi connectivity index (χ1v) is 6.81. The van der Waals surface area contributed by atoms with Crippen molar-refractivity contribution in [1.29, 1.82) is 0 Å². The van der Waals surface area contributed by atoms with Crippen LogP contribution < -0.4 is 10.9 Å². The monoisotopic (exact) mass is 245 g/mol. The van der Waals surface area contributed by atoms with E-state index in [0.29, 0.717) is 0 Å². The number of sulfone groups is 1. The number of rotatable bonds is 4. The summed E-state index contributed by atoms with van der Waals surface area (Å²) < 4.78 is 23.5. The Kier molecular flexibility index (Phi) is 3.69. The molecular formula is C9H15N3O3S. The standard InChI is InChI=1S/C9H15N3O3S/c1-7(6-16(3,14)15)11-8-9(13)12(2)5-4-10-8/h4-5,7H,6H2,1-3H3,(H,10,11). The van der Waals surface area contributed by atoms with Crippen molar-refractivity contribution in [2.45, 2.75) is 13.0 Å². The molecule has 0 saturated carbocycles. The largest absolute Gasteiger partial charge is 0.362 e. The number of anilines is 1. The van der Waals surface area contributed by atoms with Crippen LogP contribution in [0.15, 0.2) is 17.2 Å². The number of hydrogen-bond acceptors (Lipinski definition) is 5. The SMILES string of the molecule is CC(CS(C)(=O)=O)Nc1nccn(C)c1=O. The summed E-state index contributed by atoms with van der Waals surface area (Å²) in [6.45, 7) is 1.69. The van der Waals surface area contributed by atoms with E-state index in [0.717, 1.165) is 6.26 Å². The zero-order valence-corrected chi connectivity index (χ0v) is 10.3. The Hall–Kier alpha value is -1.37. The lowest BCUT2D eigenvalue weighted by Crippen LogP contribution is -2.30. The smallest absolute Gasteiger partial charge is 0.293 e. The molecule has 1 unspecified atom stereocenters. The number of aromatic nitrogens is 2. The van der Waals surface area contributed by atoms with E-state index < -0.39 is 9.84 Å². The highest BCUT2D eigenvalue weighted by molar-refractivity contribution is 7.90. The molecule has 0 bridgehead atoms. The molecule has 90 valence electrons. The lowest BCUT2D eigenvalue weighted by molar-refractivity contribution is 0.597. The topological polar surface area (TPSA) is 81.1 Å². The van der Waals surface area contributed by atoms with E-state index in [1.165, 1.54) is 17.0 Å². The second-order valence-corrected chi connectivity index (χ2v) is 6.01. The summed E-state index contributed by atoms with van der Waals surface area (Å²) >= 11 is 0. The summed E-state index contributed by atoms with van der Waals surface area (Å²) in [6.07, 6.45) is 4.17. The van der Waals surface area contributed by atoms with Crippen LogP contribution in [0.25, 0.3) is 0 Å². The highest BCUT2D eigenvalue weighted by Crippen LogP contribution is 1.98. The Morgan fingerprint density at radius 3 is 2.75 bits per heavy atom. The fourth-order valence-corrected chi connectivity index (χ4v) is 2.32. The first-order valence-electron chi connectivity index (χ1n) is 4.75. The first kappa shape index (κ1) is 12.7. The van der Waals surface area contributed by atoms with Gasteiger partial charge in [0.15, 0.2) is 5.82 Å². The predicted octanol–water partition coefficient (Wildman–Crippen LogP) is -0.375. The summed E-state index contributed by atoms with van der Waals surface area (Å²) in [4.78, 5) is 15.4. The summed E-state index contributed by atoms with van der Waals surface area (Å²) in [5, 5.41) is 2.78. The molecule has 16 heavy (non-hydrogen) atoms. The predicted molar refractivity (Wildman–Crippen MR) is 62.3 cm³/mol. The van der Waals surface area contributed by atoms with E-state index in [1.807, 2.05) is 0 Å². The average molecular weight is 245 g/mol. The van der Waals surface area contributed by atoms with Crippen molar-refractivity contribution in [2.24, 2.45) is 7.05 Å². The normalized spacial score (nSPS) is 13.4. The van der Waals surface area contributed by atoms with Crippen molar-refractivity contribution in [2.75, 3.05) is 17.3 Å². The average Bonchev–Trinajstić information content (AvgIpc) is 2.09. The Morgan fingerprint density at radius 1 is 1.56 bits per heavy atom. The van der Waals surface area contributed by atoms with Crippen molar-refractivity contribution in [1.82, 2.24) is 9.55 Å². The van der Waals surface area contributed by atoms with Gasteiger partial charge in [-0.3, -0.25) is 4.79 Å². The molecule has 1 N–H and O–H groups in total. The highest BCUT2D eigenvalue weighted by atomic mass is 32.2. The minimum absolute atomic E-state index is 0.0350. The van der Waals surface area contributed by atoms with Gasteiger partial charge in [-0.15, -0.1) is 0 Å². The first-order chi connectivity index (χ1) is 7.29. The van der Waals surface area contributed by atoms with Gasteiger partial charge in [0.25, 0.3) is 5.56 Å². The van der Waals surface area contributed by atoms with Gasteiger partial charge in [-0.05, 0) is 6.92 Å². The fourth-order valence-electron chi connectivity index (χ4n) is 1.33. The number of aryl methyl sites for hydroxylation is 1. The molecule has 0 fully saturated rings. The van der Waals surface area contributed by atoms with Gasteiger partial charge in [0.05, 0.1) is 5.75 Å². The quantitative estimate of drug-likeness (QED) is 0.782. The van der Waals surface area contributed by atoms with Gasteiger partial charge in [-0.2, -0.15) is 0 Å². The molecule has 1 heterocycles. The minimum atomic E-state index is -3.07. The van der Waals surface area contributed by atoms with Crippen molar-refractivity contribution in [3.63, 3.8) is 0 Å². The molecule has 1 rings (SSSR count). The number of nitrogens with zero attached hydrogens (tertiary/aromatic N) is 2. The van der Waals surface area contributed by atoms with Crippen LogP contribution in [0.3, 0.4) is 0 Å². The molecule has 7 heteroatoms. The van der Waals surface area contributed by atoms with Gasteiger partial charge in [-0.25, -0.2) is 13.4 Å². The van der Waals surface area contributed by atoms with Crippen LogP contribution >= 0.6 is 0 Å². The lowest BCUT2D eigenvalue weighted by atomic mass is 10.4. The van der Waals surface area contributed by atoms with Crippen LogP contribution in [0.5, 0.6) is 0 Å². The summed E-state index contributed by atoms with van der Waals surface area (Å²) in [7, 11) is -1.46. The van der Waals surface area contributed by atoms with Gasteiger partial charge in [0, 0.05) is 31.7 Å². The molecule has 0 aromatic carbocycles. The highest BCUT2D eigenvalue weighted by Gasteiger charge is 2.12. The number of nitrogens with one attached hydrogen (secondary N) is 1. The maximum Gasteiger partial charge on any atom is 0.293 e. The van der Waals surface area contributed by atoms with Crippen LogP contribution in [0.1, 0.15) is 6.92 Å². The minimum Gasteiger partial charge on any atom is -0.362 e. The van der Waals surface area contributed by atoms with Crippen molar-refractivity contribution in [3.05, 3.63) is 22.7 Å². The van der Waals surface area contributed by atoms with Gasteiger partial charge in [-0.1, -0.05) is 0 Å². The zero-order valence-electron chi connectivity index (χ0n) is 9.47. The third-order valence-corrected chi connectivity index (χ3v) is 3.06. The summed E-state index contributed by atoms with van der Waals surface area (Å²) in [5.41, 5.74) is -0.275. The third-order valence-electron chi connectivity index (χ3n) is 1.95. The molecule has 1 aromatic rings. The molecule has 1 aromatic heterocycles. The Bertz CT molecular complexity index is 521. The maximum atomic E-state index is 11.6. The van der Waals surface area contributed by atoms with Crippen LogP contribution in [-0.4, -0.2) is 36.0 Å². The van der Waals surface area contributed by atoms with Crippen molar-refractivity contribution < 1.29 is 8.42 Å². The number of hydrogen-bond donors (Lipinski definition) is 1. The Morgan fingerprint density at radius 2 is 2.19 bits per heavy atom. The van der Waals surface area contributed by atoms with Gasteiger partial charge >= 0.3 is 0 Å². The Labute approximate surface area is 94.2 Å². The van der Waals surface area contributed by atoms with E-state index in [2.05, 4.69) is 10.3 Å². The van der Waals surface area contributed by atoms with Crippen LogP contribution in [0, 0.1) is 0 Å². The summed E-state index contributed by atoms with van der Waals surface area (Å²) in [6, 6.07) is -0.349. The van der Waals surface area contributed by atoms with E-state index >= 15 is 0 Å². The Balaban J connectivity index is 2.82. The van der Waals surface area contributed by atoms with Crippen LogP contribution in [0.4, 0.5) is 5.82 Å². The molecule has 6 nitrogen and oxygen atoms in total. The fraction of sp³-hybridized carbons (Fsp3) is 0.556. The molecule has 0 spiro atoms. The second-order valence-electron chi connectivity index (χ2n) is 3.83. The summed E-state index contributed by atoms with van der Waals surface area (Å²) in [5.74, 6) is 0.133. The third kappa shape index (κ3) is 3.65. The van der Waals surface area contributed by atoms with Gasteiger partial charge < -0.3 is 9.88 Å². The van der Waals surface area contributed by atoms with E-state index in [-0.39, 0.29) is 23.2 Å². The molecule has 0 aliphatic rings. The zero-order chi connectivity index (χ0) is 12.3. The molecule has 0 saturated heterocycles. The van der Waals surface area contributed by atoms with E-state index in [9.17, 15) is 13.2 Å². The second kappa shape index (κ2) is 4.65. The van der Waals surface area contributed by atoms with E-state index in [4.69, 9.17) is 0 Å². The molecule has 0 aliphatic heterocycles. The molecule has 0 aliphatic carbocycles.